The van der Waals surface area contributed by atoms with Crippen LogP contribution in [-0.2, 0) is 4.79 Å². The molecule has 1 amide bonds. The number of carbonyl (C=O) groups excluding carboxylic acids is 1. The van der Waals surface area contributed by atoms with E-state index in [9.17, 15) is 4.79 Å². The highest BCUT2D eigenvalue weighted by atomic mass is 79.9. The molecule has 0 saturated carbocycles. The first-order valence-corrected chi connectivity index (χ1v) is 7.87. The first-order chi connectivity index (χ1) is 9.58. The number of hydrogen-bond acceptors (Lipinski definition) is 3. The molecule has 1 fully saturated rings. The predicted molar refractivity (Wildman–Crippen MR) is 93.5 cm³/mol. The van der Waals surface area contributed by atoms with Crippen LogP contribution in [0.25, 0.3) is 0 Å². The zero-order valence-corrected chi connectivity index (χ0v) is 15.0. The van der Waals surface area contributed by atoms with Crippen molar-refractivity contribution in [1.29, 1.82) is 0 Å². The smallest absolute Gasteiger partial charge is 0.238 e. The SMILES string of the molecule is CNCC1CCN(CC(=O)Nc2ccc(Br)cc2Cl)C1.Cl. The Kier molecular flexibility index (Phi) is 7.98. The Labute approximate surface area is 145 Å². The molecule has 1 aromatic rings. The van der Waals surface area contributed by atoms with Gasteiger partial charge in [-0.05, 0) is 50.7 Å². The van der Waals surface area contributed by atoms with Gasteiger partial charge in [-0.15, -0.1) is 12.4 Å². The molecule has 1 unspecified atom stereocenters. The van der Waals surface area contributed by atoms with Crippen LogP contribution < -0.4 is 10.6 Å². The zero-order chi connectivity index (χ0) is 14.5. The summed E-state index contributed by atoms with van der Waals surface area (Å²) in [7, 11) is 1.96. The molecule has 0 aliphatic carbocycles. The largest absolute Gasteiger partial charge is 0.324 e. The fraction of sp³-hybridized carbons (Fsp3) is 0.500. The Balaban J connectivity index is 0.00000220. The van der Waals surface area contributed by atoms with Crippen LogP contribution in [-0.4, -0.2) is 44.0 Å². The van der Waals surface area contributed by atoms with E-state index < -0.39 is 0 Å². The second-order valence-corrected chi connectivity index (χ2v) is 6.44. The summed E-state index contributed by atoms with van der Waals surface area (Å²) >= 11 is 9.43. The summed E-state index contributed by atoms with van der Waals surface area (Å²) in [5.74, 6) is 0.628. The normalized spacial score (nSPS) is 18.3. The van der Waals surface area contributed by atoms with Gasteiger partial charge < -0.3 is 10.6 Å². The summed E-state index contributed by atoms with van der Waals surface area (Å²) in [6.07, 6.45) is 1.15. The van der Waals surface area contributed by atoms with Gasteiger partial charge in [0.2, 0.25) is 5.91 Å². The van der Waals surface area contributed by atoms with Crippen molar-refractivity contribution in [3.05, 3.63) is 27.7 Å². The van der Waals surface area contributed by atoms with Crippen molar-refractivity contribution in [3.8, 4) is 0 Å². The molecule has 4 nitrogen and oxygen atoms in total. The summed E-state index contributed by atoms with van der Waals surface area (Å²) in [5.41, 5.74) is 0.658. The molecule has 7 heteroatoms. The van der Waals surface area contributed by atoms with E-state index in [0.717, 1.165) is 30.5 Å². The number of rotatable bonds is 5. The molecular formula is C14H20BrCl2N3O. The lowest BCUT2D eigenvalue weighted by atomic mass is 10.1. The highest BCUT2D eigenvalue weighted by Crippen LogP contribution is 2.25. The molecule has 21 heavy (non-hydrogen) atoms. The van der Waals surface area contributed by atoms with Crippen molar-refractivity contribution in [2.45, 2.75) is 6.42 Å². The third-order valence-corrected chi connectivity index (χ3v) is 4.24. The minimum absolute atomic E-state index is 0. The van der Waals surface area contributed by atoms with Crippen molar-refractivity contribution >= 4 is 51.5 Å². The molecule has 1 heterocycles. The molecule has 118 valence electrons. The van der Waals surface area contributed by atoms with Crippen molar-refractivity contribution < 1.29 is 4.79 Å². The number of nitrogens with zero attached hydrogens (tertiary/aromatic N) is 1. The quantitative estimate of drug-likeness (QED) is 0.803. The fourth-order valence-electron chi connectivity index (χ4n) is 2.50. The maximum atomic E-state index is 12.0. The van der Waals surface area contributed by atoms with Gasteiger partial charge in [0, 0.05) is 11.0 Å². The van der Waals surface area contributed by atoms with Gasteiger partial charge in [-0.3, -0.25) is 9.69 Å². The van der Waals surface area contributed by atoms with Crippen LogP contribution in [0.3, 0.4) is 0 Å². The highest BCUT2D eigenvalue weighted by molar-refractivity contribution is 9.10. The molecule has 0 spiro atoms. The minimum Gasteiger partial charge on any atom is -0.324 e. The van der Waals surface area contributed by atoms with Gasteiger partial charge in [-0.1, -0.05) is 27.5 Å². The van der Waals surface area contributed by atoms with E-state index >= 15 is 0 Å². The number of benzene rings is 1. The number of nitrogens with one attached hydrogen (secondary N) is 2. The van der Waals surface area contributed by atoms with Gasteiger partial charge in [-0.25, -0.2) is 0 Å². The molecular weight excluding hydrogens is 377 g/mol. The lowest BCUT2D eigenvalue weighted by Gasteiger charge is -2.16. The van der Waals surface area contributed by atoms with Gasteiger partial charge >= 0.3 is 0 Å². The molecule has 1 atom stereocenters. The zero-order valence-electron chi connectivity index (χ0n) is 11.9. The van der Waals surface area contributed by atoms with Crippen LogP contribution in [0.1, 0.15) is 6.42 Å². The van der Waals surface area contributed by atoms with Crippen LogP contribution in [0.5, 0.6) is 0 Å². The van der Waals surface area contributed by atoms with E-state index in [2.05, 4.69) is 31.5 Å². The van der Waals surface area contributed by atoms with E-state index in [1.165, 1.54) is 0 Å². The maximum Gasteiger partial charge on any atom is 0.238 e. The number of anilines is 1. The lowest BCUT2D eigenvalue weighted by molar-refractivity contribution is -0.117. The van der Waals surface area contributed by atoms with Gasteiger partial charge in [0.1, 0.15) is 0 Å². The van der Waals surface area contributed by atoms with Gasteiger partial charge in [0.15, 0.2) is 0 Å². The summed E-state index contributed by atoms with van der Waals surface area (Å²) in [5, 5.41) is 6.59. The van der Waals surface area contributed by atoms with Crippen LogP contribution >= 0.6 is 39.9 Å². The Morgan fingerprint density at radius 3 is 2.95 bits per heavy atom. The predicted octanol–water partition coefficient (Wildman–Crippen LogP) is 3.00. The number of carbonyl (C=O) groups is 1. The first-order valence-electron chi connectivity index (χ1n) is 6.70. The minimum atomic E-state index is -0.0145. The summed E-state index contributed by atoms with van der Waals surface area (Å²) in [6.45, 7) is 3.39. The maximum absolute atomic E-state index is 12.0. The summed E-state index contributed by atoms with van der Waals surface area (Å²) in [6, 6.07) is 5.44. The van der Waals surface area contributed by atoms with E-state index in [1.807, 2.05) is 13.1 Å². The van der Waals surface area contributed by atoms with Crippen molar-refractivity contribution in [3.63, 3.8) is 0 Å². The van der Waals surface area contributed by atoms with Crippen LogP contribution in [0.15, 0.2) is 22.7 Å². The van der Waals surface area contributed by atoms with Crippen molar-refractivity contribution in [2.75, 3.05) is 38.5 Å². The van der Waals surface area contributed by atoms with Crippen molar-refractivity contribution in [1.82, 2.24) is 10.2 Å². The molecule has 0 bridgehead atoms. The topological polar surface area (TPSA) is 44.4 Å². The Hall–Kier alpha value is -0.330. The van der Waals surface area contributed by atoms with E-state index in [0.29, 0.717) is 23.2 Å². The van der Waals surface area contributed by atoms with Crippen LogP contribution in [0.4, 0.5) is 5.69 Å². The van der Waals surface area contributed by atoms with E-state index in [-0.39, 0.29) is 18.3 Å². The molecule has 0 radical (unpaired) electrons. The third-order valence-electron chi connectivity index (χ3n) is 3.44. The second-order valence-electron chi connectivity index (χ2n) is 5.12. The summed E-state index contributed by atoms with van der Waals surface area (Å²) in [4.78, 5) is 14.2. The average molecular weight is 397 g/mol. The number of hydrogen-bond donors (Lipinski definition) is 2. The highest BCUT2D eigenvalue weighted by Gasteiger charge is 2.23. The number of halogens is 3. The van der Waals surface area contributed by atoms with Gasteiger partial charge in [0.25, 0.3) is 0 Å². The van der Waals surface area contributed by atoms with E-state index in [1.54, 1.807) is 12.1 Å². The molecule has 2 rings (SSSR count). The summed E-state index contributed by atoms with van der Waals surface area (Å²) < 4.78 is 0.898. The van der Waals surface area contributed by atoms with Crippen LogP contribution in [0, 0.1) is 5.92 Å². The Morgan fingerprint density at radius 1 is 1.52 bits per heavy atom. The average Bonchev–Trinajstić information content (AvgIpc) is 2.81. The molecule has 1 aliphatic heterocycles. The van der Waals surface area contributed by atoms with E-state index in [4.69, 9.17) is 11.6 Å². The van der Waals surface area contributed by atoms with Gasteiger partial charge in [-0.2, -0.15) is 0 Å². The Morgan fingerprint density at radius 2 is 2.29 bits per heavy atom. The molecule has 1 aromatic carbocycles. The van der Waals surface area contributed by atoms with Crippen LogP contribution in [0.2, 0.25) is 5.02 Å². The van der Waals surface area contributed by atoms with Crippen molar-refractivity contribution in [2.24, 2.45) is 5.92 Å². The molecule has 1 aliphatic rings. The fourth-order valence-corrected chi connectivity index (χ4v) is 3.22. The molecule has 1 saturated heterocycles. The monoisotopic (exact) mass is 395 g/mol. The third kappa shape index (κ3) is 5.75. The number of likely N-dealkylation sites (tertiary alicyclic amines) is 1. The van der Waals surface area contributed by atoms with Gasteiger partial charge in [0.05, 0.1) is 17.3 Å². The molecule has 2 N–H and O–H groups in total. The molecule has 0 aromatic heterocycles. The Bertz CT molecular complexity index is 487. The first kappa shape index (κ1) is 18.7. The second kappa shape index (κ2) is 8.96. The number of amides is 1. The lowest BCUT2D eigenvalue weighted by Crippen LogP contribution is -2.32. The standard InChI is InChI=1S/C14H19BrClN3O.ClH/c1-17-7-10-4-5-19(8-10)9-14(20)18-13-3-2-11(15)6-12(13)16;/h2-3,6,10,17H,4-5,7-9H2,1H3,(H,18,20);1H.